The van der Waals surface area contributed by atoms with E-state index in [-0.39, 0.29) is 6.04 Å². The van der Waals surface area contributed by atoms with Gasteiger partial charge in [0.15, 0.2) is 5.82 Å². The number of hydrazine groups is 1. The third kappa shape index (κ3) is 4.31. The number of ether oxygens (including phenoxy) is 1. The van der Waals surface area contributed by atoms with Gasteiger partial charge in [-0.15, -0.1) is 10.2 Å². The van der Waals surface area contributed by atoms with E-state index in [0.717, 1.165) is 12.2 Å². The average Bonchev–Trinajstić information content (AvgIpc) is 2.84. The zero-order chi connectivity index (χ0) is 13.5. The summed E-state index contributed by atoms with van der Waals surface area (Å²) in [5, 5.41) is 11.8. The molecular formula is C12H18N6O. The minimum absolute atomic E-state index is 0.0629. The highest BCUT2D eigenvalue weighted by Crippen LogP contribution is 2.09. The summed E-state index contributed by atoms with van der Waals surface area (Å²) in [5.74, 6) is 7.05. The van der Waals surface area contributed by atoms with Gasteiger partial charge in [-0.25, -0.2) is 0 Å². The van der Waals surface area contributed by atoms with Crippen molar-refractivity contribution in [3.05, 3.63) is 36.2 Å². The van der Waals surface area contributed by atoms with Crippen molar-refractivity contribution in [3.8, 4) is 5.75 Å². The van der Waals surface area contributed by atoms with Gasteiger partial charge in [-0.2, -0.15) is 4.80 Å². The van der Waals surface area contributed by atoms with Gasteiger partial charge in [0.1, 0.15) is 5.75 Å². The molecule has 2 aromatic rings. The molecule has 0 spiro atoms. The van der Waals surface area contributed by atoms with Gasteiger partial charge >= 0.3 is 0 Å². The third-order valence-corrected chi connectivity index (χ3v) is 2.69. The van der Waals surface area contributed by atoms with Crippen LogP contribution in [0.25, 0.3) is 0 Å². The van der Waals surface area contributed by atoms with Gasteiger partial charge in [0.25, 0.3) is 0 Å². The number of hydrogen-bond acceptors (Lipinski definition) is 6. The SMILES string of the molecule is Cn1nnc(CC(CCOc2ccccc2)NN)n1. The van der Waals surface area contributed by atoms with Gasteiger partial charge in [0, 0.05) is 12.5 Å². The first-order valence-corrected chi connectivity index (χ1v) is 6.15. The Morgan fingerprint density at radius 2 is 2.16 bits per heavy atom. The van der Waals surface area contributed by atoms with Crippen LogP contribution < -0.4 is 16.0 Å². The second-order valence-corrected chi connectivity index (χ2v) is 4.21. The highest BCUT2D eigenvalue weighted by atomic mass is 16.5. The fourth-order valence-corrected chi connectivity index (χ4v) is 1.71. The predicted molar refractivity (Wildman–Crippen MR) is 70.2 cm³/mol. The van der Waals surface area contributed by atoms with E-state index in [1.165, 1.54) is 4.80 Å². The summed E-state index contributed by atoms with van der Waals surface area (Å²) in [6.45, 7) is 0.582. The van der Waals surface area contributed by atoms with Crippen LogP contribution in [0.5, 0.6) is 5.75 Å². The molecule has 1 atom stereocenters. The number of nitrogens with one attached hydrogen (secondary N) is 1. The van der Waals surface area contributed by atoms with E-state index < -0.39 is 0 Å². The Hall–Kier alpha value is -1.99. The molecule has 7 nitrogen and oxygen atoms in total. The number of nitrogens with zero attached hydrogens (tertiary/aromatic N) is 4. The second-order valence-electron chi connectivity index (χ2n) is 4.21. The second kappa shape index (κ2) is 6.81. The molecule has 1 aromatic carbocycles. The van der Waals surface area contributed by atoms with Crippen LogP contribution >= 0.6 is 0 Å². The number of benzene rings is 1. The van der Waals surface area contributed by atoms with Gasteiger partial charge in [-0.3, -0.25) is 11.3 Å². The maximum absolute atomic E-state index is 5.62. The first-order valence-electron chi connectivity index (χ1n) is 6.15. The van der Waals surface area contributed by atoms with Crippen LogP contribution in [0.1, 0.15) is 12.2 Å². The smallest absolute Gasteiger partial charge is 0.176 e. The Morgan fingerprint density at radius 1 is 1.37 bits per heavy atom. The molecule has 3 N–H and O–H groups in total. The molecule has 102 valence electrons. The van der Waals surface area contributed by atoms with Gasteiger partial charge in [0.2, 0.25) is 0 Å². The number of tetrazole rings is 1. The molecule has 0 aliphatic carbocycles. The number of hydrogen-bond donors (Lipinski definition) is 2. The van der Waals surface area contributed by atoms with Crippen LogP contribution in [0.3, 0.4) is 0 Å². The standard InChI is InChI=1S/C12H18N6O/c1-18-16-12(15-17-18)9-10(14-13)7-8-19-11-5-3-2-4-6-11/h2-6,10,14H,7-9,13H2,1H3. The highest BCUT2D eigenvalue weighted by molar-refractivity contribution is 5.20. The molecule has 7 heteroatoms. The normalized spacial score (nSPS) is 12.3. The number of aryl methyl sites for hydroxylation is 1. The summed E-state index contributed by atoms with van der Waals surface area (Å²) >= 11 is 0. The molecule has 0 fully saturated rings. The number of nitrogens with two attached hydrogens (primary N) is 1. The average molecular weight is 262 g/mol. The quantitative estimate of drug-likeness (QED) is 0.541. The molecule has 1 aromatic heterocycles. The van der Waals surface area contributed by atoms with E-state index in [2.05, 4.69) is 20.8 Å². The lowest BCUT2D eigenvalue weighted by molar-refractivity contribution is 0.284. The zero-order valence-electron chi connectivity index (χ0n) is 10.9. The topological polar surface area (TPSA) is 90.9 Å². The fraction of sp³-hybridized carbons (Fsp3) is 0.417. The highest BCUT2D eigenvalue weighted by Gasteiger charge is 2.11. The molecular weight excluding hydrogens is 244 g/mol. The van der Waals surface area contributed by atoms with E-state index >= 15 is 0 Å². The van der Waals surface area contributed by atoms with E-state index in [1.54, 1.807) is 7.05 Å². The molecule has 0 saturated carbocycles. The van der Waals surface area contributed by atoms with E-state index in [1.807, 2.05) is 30.3 Å². The van der Waals surface area contributed by atoms with Crippen molar-refractivity contribution in [3.63, 3.8) is 0 Å². The summed E-state index contributed by atoms with van der Waals surface area (Å²) in [7, 11) is 1.74. The van der Waals surface area contributed by atoms with Crippen molar-refractivity contribution < 1.29 is 4.74 Å². The lowest BCUT2D eigenvalue weighted by atomic mass is 10.1. The third-order valence-electron chi connectivity index (χ3n) is 2.69. The lowest BCUT2D eigenvalue weighted by Gasteiger charge is -2.14. The van der Waals surface area contributed by atoms with E-state index in [4.69, 9.17) is 10.6 Å². The van der Waals surface area contributed by atoms with Gasteiger partial charge < -0.3 is 4.74 Å². The molecule has 1 heterocycles. The van der Waals surface area contributed by atoms with Crippen LogP contribution in [0.2, 0.25) is 0 Å². The lowest BCUT2D eigenvalue weighted by Crippen LogP contribution is -2.38. The minimum Gasteiger partial charge on any atom is -0.494 e. The molecule has 0 aliphatic heterocycles. The van der Waals surface area contributed by atoms with Crippen LogP contribution in [-0.2, 0) is 13.5 Å². The molecule has 0 bridgehead atoms. The Balaban J connectivity index is 1.76. The van der Waals surface area contributed by atoms with Crippen molar-refractivity contribution in [1.29, 1.82) is 0 Å². The fourth-order valence-electron chi connectivity index (χ4n) is 1.71. The van der Waals surface area contributed by atoms with Crippen LogP contribution in [-0.4, -0.2) is 32.9 Å². The summed E-state index contributed by atoms with van der Waals surface area (Å²) in [5.41, 5.74) is 2.75. The molecule has 1 unspecified atom stereocenters. The zero-order valence-corrected chi connectivity index (χ0v) is 10.9. The first kappa shape index (κ1) is 13.4. The number of rotatable bonds is 7. The Morgan fingerprint density at radius 3 is 2.79 bits per heavy atom. The van der Waals surface area contributed by atoms with Gasteiger partial charge in [0.05, 0.1) is 13.7 Å². The van der Waals surface area contributed by atoms with Crippen molar-refractivity contribution >= 4 is 0 Å². The van der Waals surface area contributed by atoms with E-state index in [9.17, 15) is 0 Å². The van der Waals surface area contributed by atoms with Crippen LogP contribution in [0, 0.1) is 0 Å². The van der Waals surface area contributed by atoms with Crippen LogP contribution in [0.4, 0.5) is 0 Å². The molecule has 2 rings (SSSR count). The van der Waals surface area contributed by atoms with Gasteiger partial charge in [-0.1, -0.05) is 18.2 Å². The number of aromatic nitrogens is 4. The van der Waals surface area contributed by atoms with Crippen molar-refractivity contribution in [2.75, 3.05) is 6.61 Å². The summed E-state index contributed by atoms with van der Waals surface area (Å²) in [4.78, 5) is 1.43. The Bertz CT molecular complexity index is 486. The van der Waals surface area contributed by atoms with Crippen LogP contribution in [0.15, 0.2) is 30.3 Å². The first-order chi connectivity index (χ1) is 9.28. The summed E-state index contributed by atoms with van der Waals surface area (Å²) in [6.07, 6.45) is 1.39. The monoisotopic (exact) mass is 262 g/mol. The van der Waals surface area contributed by atoms with Crippen molar-refractivity contribution in [2.24, 2.45) is 12.9 Å². The molecule has 0 saturated heterocycles. The predicted octanol–water partition coefficient (Wildman–Crippen LogP) is 0.0536. The number of para-hydroxylation sites is 1. The van der Waals surface area contributed by atoms with Crippen molar-refractivity contribution in [1.82, 2.24) is 25.6 Å². The van der Waals surface area contributed by atoms with Crippen molar-refractivity contribution in [2.45, 2.75) is 18.9 Å². The Labute approximate surface area is 111 Å². The maximum Gasteiger partial charge on any atom is 0.176 e. The molecule has 0 radical (unpaired) electrons. The molecule has 0 aliphatic rings. The minimum atomic E-state index is 0.0629. The largest absolute Gasteiger partial charge is 0.494 e. The molecule has 0 amide bonds. The summed E-state index contributed by atoms with van der Waals surface area (Å²) in [6, 6.07) is 9.75. The maximum atomic E-state index is 5.62. The molecule has 19 heavy (non-hydrogen) atoms. The van der Waals surface area contributed by atoms with E-state index in [0.29, 0.717) is 18.9 Å². The summed E-state index contributed by atoms with van der Waals surface area (Å²) < 4.78 is 5.62. The van der Waals surface area contributed by atoms with Gasteiger partial charge in [-0.05, 0) is 23.8 Å². The Kier molecular flexibility index (Phi) is 4.82.